The van der Waals surface area contributed by atoms with E-state index in [-0.39, 0.29) is 11.9 Å². The molecule has 0 aliphatic carbocycles. The Morgan fingerprint density at radius 1 is 1.65 bits per heavy atom. The van der Waals surface area contributed by atoms with Crippen molar-refractivity contribution in [1.29, 1.82) is 0 Å². The molecule has 0 bridgehead atoms. The number of carbonyl (C=O) groups excluding carboxylic acids is 1. The quantitative estimate of drug-likeness (QED) is 0.870. The fraction of sp³-hybridized carbons (Fsp3) is 0.500. The zero-order valence-corrected chi connectivity index (χ0v) is 11.3. The maximum atomic E-state index is 12.1. The molecule has 4 nitrogen and oxygen atoms in total. The summed E-state index contributed by atoms with van der Waals surface area (Å²) in [5.41, 5.74) is 6.52. The zero-order valence-electron chi connectivity index (χ0n) is 10.5. The molecule has 0 radical (unpaired) electrons. The summed E-state index contributed by atoms with van der Waals surface area (Å²) in [5, 5.41) is 0. The molecule has 94 valence electrons. The number of thioether (sulfide) groups is 1. The Hall–Kier alpha value is -1.23. The van der Waals surface area contributed by atoms with E-state index in [9.17, 15) is 4.79 Å². The number of hydrogen-bond donors (Lipinski definition) is 1. The van der Waals surface area contributed by atoms with Crippen molar-refractivity contribution in [3.05, 3.63) is 24.0 Å². The van der Waals surface area contributed by atoms with E-state index >= 15 is 0 Å². The van der Waals surface area contributed by atoms with Crippen molar-refractivity contribution >= 4 is 23.4 Å². The van der Waals surface area contributed by atoms with E-state index in [1.54, 1.807) is 42.0 Å². The van der Waals surface area contributed by atoms with Gasteiger partial charge in [0.1, 0.15) is 0 Å². The predicted molar refractivity (Wildman–Crippen MR) is 73.2 cm³/mol. The van der Waals surface area contributed by atoms with Crippen LogP contribution < -0.4 is 5.73 Å². The number of anilines is 1. The molecule has 1 atom stereocenters. The van der Waals surface area contributed by atoms with E-state index in [4.69, 9.17) is 5.73 Å². The van der Waals surface area contributed by atoms with E-state index in [2.05, 4.69) is 11.2 Å². The van der Waals surface area contributed by atoms with Crippen LogP contribution in [0.2, 0.25) is 0 Å². The van der Waals surface area contributed by atoms with E-state index < -0.39 is 0 Å². The third kappa shape index (κ3) is 3.63. The molecule has 0 saturated carbocycles. The monoisotopic (exact) mass is 253 g/mol. The topological polar surface area (TPSA) is 59.2 Å². The number of amides is 1. The van der Waals surface area contributed by atoms with Crippen molar-refractivity contribution in [3.8, 4) is 0 Å². The largest absolute Gasteiger partial charge is 0.397 e. The smallest absolute Gasteiger partial charge is 0.274 e. The summed E-state index contributed by atoms with van der Waals surface area (Å²) in [6.45, 7) is 2.03. The fourth-order valence-corrected chi connectivity index (χ4v) is 2.02. The predicted octanol–water partition coefficient (Wildman–Crippen LogP) is 1.88. The Morgan fingerprint density at radius 2 is 2.35 bits per heavy atom. The summed E-state index contributed by atoms with van der Waals surface area (Å²) >= 11 is 1.78. The van der Waals surface area contributed by atoms with E-state index in [0.717, 1.165) is 12.2 Å². The lowest BCUT2D eigenvalue weighted by molar-refractivity contribution is 0.0736. The molecule has 0 aromatic carbocycles. The molecule has 0 fully saturated rings. The highest BCUT2D eigenvalue weighted by molar-refractivity contribution is 7.98. The minimum Gasteiger partial charge on any atom is -0.397 e. The minimum absolute atomic E-state index is 0.114. The number of carbonyl (C=O) groups is 1. The molecular formula is C12H19N3OS. The van der Waals surface area contributed by atoms with Gasteiger partial charge in [-0.15, -0.1) is 0 Å². The second-order valence-electron chi connectivity index (χ2n) is 3.99. The van der Waals surface area contributed by atoms with Gasteiger partial charge >= 0.3 is 0 Å². The van der Waals surface area contributed by atoms with Gasteiger partial charge in [0.25, 0.3) is 5.91 Å². The first-order chi connectivity index (χ1) is 8.07. The van der Waals surface area contributed by atoms with Crippen LogP contribution in [0.5, 0.6) is 0 Å². The summed E-state index contributed by atoms with van der Waals surface area (Å²) in [6, 6.07) is 3.61. The van der Waals surface area contributed by atoms with E-state index in [1.807, 2.05) is 6.92 Å². The van der Waals surface area contributed by atoms with E-state index in [1.165, 1.54) is 0 Å². The number of aromatic nitrogens is 1. The molecule has 0 spiro atoms. The van der Waals surface area contributed by atoms with Gasteiger partial charge in [-0.1, -0.05) is 0 Å². The molecule has 1 aromatic heterocycles. The number of nitrogens with two attached hydrogens (primary N) is 1. The lowest BCUT2D eigenvalue weighted by atomic mass is 10.2. The van der Waals surface area contributed by atoms with Crippen LogP contribution in [0.15, 0.2) is 18.3 Å². The molecule has 1 rings (SSSR count). The van der Waals surface area contributed by atoms with Crippen LogP contribution in [-0.4, -0.2) is 40.9 Å². The van der Waals surface area contributed by atoms with Crippen molar-refractivity contribution in [1.82, 2.24) is 9.88 Å². The van der Waals surface area contributed by atoms with Crippen LogP contribution in [-0.2, 0) is 0 Å². The van der Waals surface area contributed by atoms with Gasteiger partial charge in [0, 0.05) is 19.3 Å². The highest BCUT2D eigenvalue weighted by Crippen LogP contribution is 2.13. The Bertz CT molecular complexity index is 384. The molecule has 1 unspecified atom stereocenters. The molecular weight excluding hydrogens is 234 g/mol. The molecule has 1 heterocycles. The number of pyridine rings is 1. The molecule has 0 aliphatic heterocycles. The third-order valence-corrected chi connectivity index (χ3v) is 3.41. The van der Waals surface area contributed by atoms with Gasteiger partial charge in [-0.2, -0.15) is 11.8 Å². The first-order valence-electron chi connectivity index (χ1n) is 5.54. The average molecular weight is 253 g/mol. The van der Waals surface area contributed by atoms with Gasteiger partial charge in [-0.3, -0.25) is 4.79 Å². The van der Waals surface area contributed by atoms with Gasteiger partial charge < -0.3 is 10.6 Å². The number of nitrogen functional groups attached to an aromatic ring is 1. The summed E-state index contributed by atoms with van der Waals surface area (Å²) in [4.78, 5) is 17.9. The molecule has 2 N–H and O–H groups in total. The van der Waals surface area contributed by atoms with Crippen LogP contribution in [0.25, 0.3) is 0 Å². The third-order valence-electron chi connectivity index (χ3n) is 2.76. The highest BCUT2D eigenvalue weighted by Gasteiger charge is 2.19. The normalized spacial score (nSPS) is 12.2. The van der Waals surface area contributed by atoms with Crippen LogP contribution in [0.1, 0.15) is 23.8 Å². The maximum absolute atomic E-state index is 12.1. The molecule has 1 aromatic rings. The summed E-state index contributed by atoms with van der Waals surface area (Å²) in [5.74, 6) is 0.924. The molecule has 0 aliphatic rings. The van der Waals surface area contributed by atoms with Crippen molar-refractivity contribution in [2.75, 3.05) is 24.8 Å². The standard InChI is InChI=1S/C12H19N3OS/c1-9(6-8-17-3)15(2)12(16)11-10(13)5-4-7-14-11/h4-5,7,9H,6,8,13H2,1-3H3. The van der Waals surface area contributed by atoms with Gasteiger partial charge in [0.05, 0.1) is 5.69 Å². The Balaban J connectivity index is 2.73. The van der Waals surface area contributed by atoms with Crippen molar-refractivity contribution in [2.45, 2.75) is 19.4 Å². The van der Waals surface area contributed by atoms with Crippen LogP contribution in [0.4, 0.5) is 5.69 Å². The van der Waals surface area contributed by atoms with Crippen molar-refractivity contribution in [3.63, 3.8) is 0 Å². The Morgan fingerprint density at radius 3 is 2.94 bits per heavy atom. The minimum atomic E-state index is -0.114. The summed E-state index contributed by atoms with van der Waals surface area (Å²) < 4.78 is 0. The first kappa shape index (κ1) is 13.8. The van der Waals surface area contributed by atoms with Gasteiger partial charge in [-0.05, 0) is 37.5 Å². The molecule has 0 saturated heterocycles. The molecule has 17 heavy (non-hydrogen) atoms. The zero-order chi connectivity index (χ0) is 12.8. The number of nitrogens with zero attached hydrogens (tertiary/aromatic N) is 2. The number of rotatable bonds is 5. The van der Waals surface area contributed by atoms with Gasteiger partial charge in [0.15, 0.2) is 5.69 Å². The maximum Gasteiger partial charge on any atom is 0.274 e. The second-order valence-corrected chi connectivity index (χ2v) is 4.97. The summed E-state index contributed by atoms with van der Waals surface area (Å²) in [7, 11) is 1.79. The Kier molecular flexibility index (Phi) is 5.28. The van der Waals surface area contributed by atoms with Crippen molar-refractivity contribution < 1.29 is 4.79 Å². The average Bonchev–Trinajstić information content (AvgIpc) is 2.34. The van der Waals surface area contributed by atoms with Gasteiger partial charge in [0.2, 0.25) is 0 Å². The molecule has 5 heteroatoms. The molecule has 1 amide bonds. The van der Waals surface area contributed by atoms with Crippen LogP contribution in [0, 0.1) is 0 Å². The van der Waals surface area contributed by atoms with Crippen LogP contribution >= 0.6 is 11.8 Å². The summed E-state index contributed by atoms with van der Waals surface area (Å²) in [6.07, 6.45) is 4.62. The SMILES string of the molecule is CSCCC(C)N(C)C(=O)c1ncccc1N. The first-order valence-corrected chi connectivity index (χ1v) is 6.94. The number of hydrogen-bond acceptors (Lipinski definition) is 4. The second kappa shape index (κ2) is 6.49. The fourth-order valence-electron chi connectivity index (χ4n) is 1.45. The highest BCUT2D eigenvalue weighted by atomic mass is 32.2. The van der Waals surface area contributed by atoms with E-state index in [0.29, 0.717) is 11.4 Å². The Labute approximate surface area is 107 Å². The van der Waals surface area contributed by atoms with Gasteiger partial charge in [-0.25, -0.2) is 4.98 Å². The lowest BCUT2D eigenvalue weighted by Gasteiger charge is -2.24. The van der Waals surface area contributed by atoms with Crippen LogP contribution in [0.3, 0.4) is 0 Å². The lowest BCUT2D eigenvalue weighted by Crippen LogP contribution is -2.36. The van der Waals surface area contributed by atoms with Crippen molar-refractivity contribution in [2.24, 2.45) is 0 Å².